The van der Waals surface area contributed by atoms with Gasteiger partial charge in [0.1, 0.15) is 5.75 Å². The maximum atomic E-state index is 12.2. The van der Waals surface area contributed by atoms with Gasteiger partial charge in [0.25, 0.3) is 11.8 Å². The predicted octanol–water partition coefficient (Wildman–Crippen LogP) is 3.09. The standard InChI is InChI=1S/C19H17Cl2N3O4/c1-11(9-19(27)13-4-2-3-5-15(13)22-18(19)26)23-24-17(25)10-28-16-7-6-12(20)8-14(16)21/h2-8,27H,9-10H2,1H3,(H,22,26)(H,24,25)/b23-11-/t19-/m1/s1. The maximum absolute atomic E-state index is 12.2. The zero-order chi connectivity index (χ0) is 20.3. The van der Waals surface area contributed by atoms with Crippen LogP contribution in [0, 0.1) is 0 Å². The number of para-hydroxylation sites is 1. The van der Waals surface area contributed by atoms with Gasteiger partial charge in [-0.2, -0.15) is 5.10 Å². The van der Waals surface area contributed by atoms with Crippen molar-refractivity contribution >= 4 is 46.4 Å². The summed E-state index contributed by atoms with van der Waals surface area (Å²) in [4.78, 5) is 24.1. The number of nitrogens with one attached hydrogen (secondary N) is 2. The highest BCUT2D eigenvalue weighted by Crippen LogP contribution is 2.38. The summed E-state index contributed by atoms with van der Waals surface area (Å²) < 4.78 is 5.32. The van der Waals surface area contributed by atoms with Crippen molar-refractivity contribution in [3.05, 3.63) is 58.1 Å². The summed E-state index contributed by atoms with van der Waals surface area (Å²) in [7, 11) is 0. The second-order valence-electron chi connectivity index (χ2n) is 6.28. The molecule has 0 fully saturated rings. The summed E-state index contributed by atoms with van der Waals surface area (Å²) >= 11 is 11.8. The van der Waals surface area contributed by atoms with Crippen molar-refractivity contribution in [3.63, 3.8) is 0 Å². The summed E-state index contributed by atoms with van der Waals surface area (Å²) in [6, 6.07) is 11.5. The first kappa shape index (κ1) is 20.1. The van der Waals surface area contributed by atoms with Crippen LogP contribution in [0.2, 0.25) is 10.0 Å². The lowest BCUT2D eigenvalue weighted by atomic mass is 9.90. The van der Waals surface area contributed by atoms with Crippen molar-refractivity contribution in [2.75, 3.05) is 11.9 Å². The van der Waals surface area contributed by atoms with Crippen LogP contribution in [0.4, 0.5) is 5.69 Å². The highest BCUT2D eigenvalue weighted by Gasteiger charge is 2.45. The molecule has 0 radical (unpaired) electrons. The number of carbonyl (C=O) groups is 2. The number of hydrogen-bond donors (Lipinski definition) is 3. The molecule has 0 saturated carbocycles. The number of ether oxygens (including phenoxy) is 1. The Balaban J connectivity index is 1.58. The van der Waals surface area contributed by atoms with Gasteiger partial charge in [-0.3, -0.25) is 9.59 Å². The third-order valence-electron chi connectivity index (χ3n) is 4.13. The largest absolute Gasteiger partial charge is 0.482 e. The molecule has 0 bridgehead atoms. The van der Waals surface area contributed by atoms with E-state index in [9.17, 15) is 14.7 Å². The number of carbonyl (C=O) groups excluding carboxylic acids is 2. The van der Waals surface area contributed by atoms with E-state index in [0.29, 0.717) is 27.7 Å². The van der Waals surface area contributed by atoms with Crippen LogP contribution in [0.15, 0.2) is 47.6 Å². The highest BCUT2D eigenvalue weighted by molar-refractivity contribution is 6.35. The van der Waals surface area contributed by atoms with Gasteiger partial charge < -0.3 is 15.2 Å². The van der Waals surface area contributed by atoms with E-state index >= 15 is 0 Å². The molecule has 0 aliphatic carbocycles. The summed E-state index contributed by atoms with van der Waals surface area (Å²) in [5, 5.41) is 18.1. The van der Waals surface area contributed by atoms with E-state index in [-0.39, 0.29) is 18.1 Å². The van der Waals surface area contributed by atoms with Crippen LogP contribution in [0.5, 0.6) is 5.75 Å². The van der Waals surface area contributed by atoms with Gasteiger partial charge in [-0.05, 0) is 31.2 Å². The second kappa shape index (κ2) is 8.18. The highest BCUT2D eigenvalue weighted by atomic mass is 35.5. The van der Waals surface area contributed by atoms with E-state index in [1.54, 1.807) is 43.3 Å². The van der Waals surface area contributed by atoms with Gasteiger partial charge in [0.2, 0.25) is 0 Å². The fraction of sp³-hybridized carbons (Fsp3) is 0.211. The molecule has 1 heterocycles. The Morgan fingerprint density at radius 2 is 2.04 bits per heavy atom. The first-order chi connectivity index (χ1) is 13.3. The molecule has 7 nitrogen and oxygen atoms in total. The van der Waals surface area contributed by atoms with Gasteiger partial charge in [0.15, 0.2) is 12.2 Å². The van der Waals surface area contributed by atoms with Crippen molar-refractivity contribution in [3.8, 4) is 5.75 Å². The fourth-order valence-corrected chi connectivity index (χ4v) is 3.27. The summed E-state index contributed by atoms with van der Waals surface area (Å²) in [6.07, 6.45) is -0.0694. The molecular formula is C19H17Cl2N3O4. The quantitative estimate of drug-likeness (QED) is 0.492. The van der Waals surface area contributed by atoms with Gasteiger partial charge in [0, 0.05) is 28.4 Å². The molecule has 2 aromatic rings. The van der Waals surface area contributed by atoms with E-state index in [0.717, 1.165) is 0 Å². The number of aliphatic hydroxyl groups is 1. The van der Waals surface area contributed by atoms with Gasteiger partial charge in [-0.15, -0.1) is 0 Å². The number of rotatable bonds is 6. The Morgan fingerprint density at radius 1 is 1.29 bits per heavy atom. The van der Waals surface area contributed by atoms with Crippen LogP contribution in [0.3, 0.4) is 0 Å². The fourth-order valence-electron chi connectivity index (χ4n) is 2.81. The third kappa shape index (κ3) is 4.27. The molecule has 3 rings (SSSR count). The summed E-state index contributed by atoms with van der Waals surface area (Å²) in [6.45, 7) is 1.29. The predicted molar refractivity (Wildman–Crippen MR) is 107 cm³/mol. The lowest BCUT2D eigenvalue weighted by Gasteiger charge is -2.20. The van der Waals surface area contributed by atoms with Crippen molar-refractivity contribution in [1.82, 2.24) is 5.43 Å². The van der Waals surface area contributed by atoms with E-state index in [1.165, 1.54) is 6.07 Å². The van der Waals surface area contributed by atoms with Crippen molar-refractivity contribution in [2.24, 2.45) is 5.10 Å². The van der Waals surface area contributed by atoms with Crippen LogP contribution in [-0.4, -0.2) is 29.2 Å². The summed E-state index contributed by atoms with van der Waals surface area (Å²) in [5.41, 5.74) is 1.99. The van der Waals surface area contributed by atoms with Gasteiger partial charge >= 0.3 is 0 Å². The smallest absolute Gasteiger partial charge is 0.277 e. The molecule has 1 atom stereocenters. The Morgan fingerprint density at radius 3 is 2.79 bits per heavy atom. The number of hydrazone groups is 1. The van der Waals surface area contributed by atoms with Crippen LogP contribution in [-0.2, 0) is 15.2 Å². The molecule has 0 aromatic heterocycles. The number of hydrogen-bond acceptors (Lipinski definition) is 5. The first-order valence-corrected chi connectivity index (χ1v) is 9.08. The number of halogens is 2. The molecular weight excluding hydrogens is 405 g/mol. The molecule has 0 unspecified atom stereocenters. The zero-order valence-corrected chi connectivity index (χ0v) is 16.3. The minimum atomic E-state index is -1.73. The third-order valence-corrected chi connectivity index (χ3v) is 4.66. The zero-order valence-electron chi connectivity index (χ0n) is 14.8. The van der Waals surface area contributed by atoms with Gasteiger partial charge in [0.05, 0.1) is 5.02 Å². The average molecular weight is 422 g/mol. The SMILES string of the molecule is C/C(C[C@]1(O)C(=O)Nc2ccccc21)=N/NC(=O)COc1ccc(Cl)cc1Cl. The number of fused-ring (bicyclic) bond motifs is 1. The molecule has 0 saturated heterocycles. The van der Waals surface area contributed by atoms with E-state index in [4.69, 9.17) is 27.9 Å². The van der Waals surface area contributed by atoms with Crippen molar-refractivity contribution in [1.29, 1.82) is 0 Å². The number of nitrogens with zero attached hydrogens (tertiary/aromatic N) is 1. The number of anilines is 1. The van der Waals surface area contributed by atoms with Crippen molar-refractivity contribution in [2.45, 2.75) is 18.9 Å². The Labute approximate surface area is 171 Å². The van der Waals surface area contributed by atoms with E-state index in [1.807, 2.05) is 0 Å². The average Bonchev–Trinajstić information content (AvgIpc) is 2.90. The Bertz CT molecular complexity index is 964. The molecule has 0 spiro atoms. The molecule has 1 aliphatic rings. The molecule has 2 amide bonds. The maximum Gasteiger partial charge on any atom is 0.277 e. The Kier molecular flexibility index (Phi) is 5.88. The molecule has 3 N–H and O–H groups in total. The minimum Gasteiger partial charge on any atom is -0.482 e. The number of amides is 2. The van der Waals surface area contributed by atoms with Gasteiger partial charge in [-0.25, -0.2) is 5.43 Å². The van der Waals surface area contributed by atoms with E-state index in [2.05, 4.69) is 15.8 Å². The Hall–Kier alpha value is -2.61. The van der Waals surface area contributed by atoms with Crippen molar-refractivity contribution < 1.29 is 19.4 Å². The van der Waals surface area contributed by atoms with E-state index < -0.39 is 17.4 Å². The topological polar surface area (TPSA) is 100 Å². The molecule has 9 heteroatoms. The van der Waals surface area contributed by atoms with Crippen LogP contribution in [0.25, 0.3) is 0 Å². The van der Waals surface area contributed by atoms with Crippen LogP contribution < -0.4 is 15.5 Å². The second-order valence-corrected chi connectivity index (χ2v) is 7.13. The lowest BCUT2D eigenvalue weighted by molar-refractivity contribution is -0.132. The normalized spacial score (nSPS) is 18.4. The van der Waals surface area contributed by atoms with Crippen LogP contribution in [0.1, 0.15) is 18.9 Å². The molecule has 2 aromatic carbocycles. The monoisotopic (exact) mass is 421 g/mol. The van der Waals surface area contributed by atoms with Crippen LogP contribution >= 0.6 is 23.2 Å². The van der Waals surface area contributed by atoms with Gasteiger partial charge in [-0.1, -0.05) is 41.4 Å². The molecule has 28 heavy (non-hydrogen) atoms. The lowest BCUT2D eigenvalue weighted by Crippen LogP contribution is -2.36. The summed E-state index contributed by atoms with van der Waals surface area (Å²) in [5.74, 6) is -0.737. The number of benzene rings is 2. The minimum absolute atomic E-state index is 0.0694. The molecule has 146 valence electrons. The first-order valence-electron chi connectivity index (χ1n) is 8.33. The molecule has 1 aliphatic heterocycles.